The van der Waals surface area contributed by atoms with E-state index in [1.807, 2.05) is 0 Å². The molecule has 374 valence electrons. The second-order valence-corrected chi connectivity index (χ2v) is 20.8. The Labute approximate surface area is 466 Å². The fraction of sp³-hybridized carbons (Fsp3) is 0. The first kappa shape index (κ1) is 46.7. The molecule has 0 saturated heterocycles. The highest BCUT2D eigenvalue weighted by Crippen LogP contribution is 2.44. The van der Waals surface area contributed by atoms with Crippen LogP contribution in [0.4, 0.5) is 0 Å². The van der Waals surface area contributed by atoms with Gasteiger partial charge in [0.25, 0.3) is 0 Å². The molecule has 0 aliphatic rings. The van der Waals surface area contributed by atoms with Crippen LogP contribution < -0.4 is 0 Å². The van der Waals surface area contributed by atoms with Crippen molar-refractivity contribution in [2.75, 3.05) is 0 Å². The van der Waals surface area contributed by atoms with Gasteiger partial charge in [0, 0.05) is 32.9 Å². The Morgan fingerprint density at radius 2 is 0.438 bits per heavy atom. The third-order valence-electron chi connectivity index (χ3n) is 16.1. The fourth-order valence-electron chi connectivity index (χ4n) is 12.3. The van der Waals surface area contributed by atoms with Crippen molar-refractivity contribution in [2.24, 2.45) is 0 Å². The number of aromatic nitrogens is 2. The highest BCUT2D eigenvalue weighted by Gasteiger charge is 2.21. The minimum absolute atomic E-state index is 1.13. The predicted octanol–water partition coefficient (Wildman–Crippen LogP) is 21.2. The van der Waals surface area contributed by atoms with Gasteiger partial charge in [0.1, 0.15) is 0 Å². The normalized spacial score (nSPS) is 11.5. The molecular formula is C78H52N2. The SMILES string of the molecule is c1ccc(-c2cccc(-c3cccc4c3c3cc(-c5ccc(-c6ccc7c(c6)c6c(-c8cccc(-c9ccccc9)c8)cccc6n7-c6cccc(-c7ccccc7)c6)cc5)ccc3n4-c3cccc(-c4ccccc4)c3)c2)cc1. The van der Waals surface area contributed by atoms with Crippen molar-refractivity contribution in [3.8, 4) is 100 Å². The second-order valence-electron chi connectivity index (χ2n) is 20.8. The molecule has 0 fully saturated rings. The van der Waals surface area contributed by atoms with Crippen LogP contribution in [0.5, 0.6) is 0 Å². The maximum Gasteiger partial charge on any atom is 0.0547 e. The summed E-state index contributed by atoms with van der Waals surface area (Å²) in [6, 6.07) is 115. The lowest BCUT2D eigenvalue weighted by Gasteiger charge is -2.11. The number of fused-ring (bicyclic) bond motifs is 6. The van der Waals surface area contributed by atoms with Crippen molar-refractivity contribution >= 4 is 43.6 Å². The van der Waals surface area contributed by atoms with E-state index < -0.39 is 0 Å². The van der Waals surface area contributed by atoms with Gasteiger partial charge in [-0.2, -0.15) is 0 Å². The summed E-state index contributed by atoms with van der Waals surface area (Å²) < 4.78 is 4.90. The third kappa shape index (κ3) is 8.30. The molecule has 0 aliphatic carbocycles. The molecule has 80 heavy (non-hydrogen) atoms. The molecule has 0 N–H and O–H groups in total. The van der Waals surface area contributed by atoms with Crippen LogP contribution in [0.3, 0.4) is 0 Å². The van der Waals surface area contributed by atoms with Crippen molar-refractivity contribution in [3.05, 3.63) is 315 Å². The van der Waals surface area contributed by atoms with E-state index in [4.69, 9.17) is 0 Å². The van der Waals surface area contributed by atoms with Gasteiger partial charge in [-0.05, 0) is 162 Å². The molecule has 0 bridgehead atoms. The van der Waals surface area contributed by atoms with Crippen LogP contribution in [0.25, 0.3) is 144 Å². The third-order valence-corrected chi connectivity index (χ3v) is 16.1. The van der Waals surface area contributed by atoms with Gasteiger partial charge < -0.3 is 9.13 Å². The monoisotopic (exact) mass is 1020 g/mol. The average Bonchev–Trinajstić information content (AvgIpc) is 4.10. The van der Waals surface area contributed by atoms with Gasteiger partial charge in [0.05, 0.1) is 22.1 Å². The van der Waals surface area contributed by atoms with E-state index in [1.165, 1.54) is 133 Å². The van der Waals surface area contributed by atoms with Crippen LogP contribution in [-0.2, 0) is 0 Å². The van der Waals surface area contributed by atoms with Gasteiger partial charge in [-0.1, -0.05) is 243 Å². The van der Waals surface area contributed by atoms with Gasteiger partial charge in [-0.25, -0.2) is 0 Å². The van der Waals surface area contributed by atoms with E-state index >= 15 is 0 Å². The van der Waals surface area contributed by atoms with E-state index in [0.717, 1.165) is 11.4 Å². The van der Waals surface area contributed by atoms with Gasteiger partial charge in [-0.15, -0.1) is 0 Å². The van der Waals surface area contributed by atoms with E-state index in [1.54, 1.807) is 0 Å². The van der Waals surface area contributed by atoms with Crippen LogP contribution in [0.15, 0.2) is 315 Å². The largest absolute Gasteiger partial charge is 0.309 e. The van der Waals surface area contributed by atoms with E-state index in [2.05, 4.69) is 325 Å². The summed E-state index contributed by atoms with van der Waals surface area (Å²) in [4.78, 5) is 0. The first-order valence-electron chi connectivity index (χ1n) is 27.6. The summed E-state index contributed by atoms with van der Waals surface area (Å²) in [6.07, 6.45) is 0. The van der Waals surface area contributed by atoms with Gasteiger partial charge in [0.2, 0.25) is 0 Å². The van der Waals surface area contributed by atoms with E-state index in [-0.39, 0.29) is 0 Å². The Balaban J connectivity index is 0.865. The highest BCUT2D eigenvalue weighted by molar-refractivity contribution is 6.18. The molecule has 0 spiro atoms. The molecule has 2 nitrogen and oxygen atoms in total. The van der Waals surface area contributed by atoms with Crippen molar-refractivity contribution in [1.82, 2.24) is 9.13 Å². The van der Waals surface area contributed by atoms with Crippen molar-refractivity contribution in [2.45, 2.75) is 0 Å². The molecule has 13 aromatic carbocycles. The molecule has 2 heteroatoms. The van der Waals surface area contributed by atoms with Crippen LogP contribution in [-0.4, -0.2) is 9.13 Å². The Morgan fingerprint density at radius 1 is 0.163 bits per heavy atom. The highest BCUT2D eigenvalue weighted by atomic mass is 15.0. The molecule has 0 atom stereocenters. The maximum absolute atomic E-state index is 2.45. The van der Waals surface area contributed by atoms with Crippen LogP contribution in [0, 0.1) is 0 Å². The van der Waals surface area contributed by atoms with Crippen molar-refractivity contribution in [1.29, 1.82) is 0 Å². The second kappa shape index (κ2) is 19.8. The summed E-state index contributed by atoms with van der Waals surface area (Å²) in [5.74, 6) is 0. The zero-order valence-corrected chi connectivity index (χ0v) is 43.9. The minimum atomic E-state index is 1.13. The molecule has 0 radical (unpaired) electrons. The Kier molecular flexibility index (Phi) is 11.6. The Bertz CT molecular complexity index is 4470. The standard InChI is InChI=1S/C78H52N2/c1-5-19-53(20-6-1)59-27-13-31-65(47-59)69-35-17-37-75-77(69)71-51-63(43-45-73(71)79(75)67-33-15-29-61(49-67)55-23-9-3-10-24-55)57-39-41-58(42-40-57)64-44-46-74-72(52-64)78-70(66-32-14-28-60(48-66)54-21-7-2-8-22-54)36-18-38-76(78)80(74)68-34-16-30-62(50-68)56-25-11-4-12-26-56/h1-52H. The Hall–Kier alpha value is -10.5. The number of hydrogen-bond acceptors (Lipinski definition) is 0. The van der Waals surface area contributed by atoms with Crippen molar-refractivity contribution in [3.63, 3.8) is 0 Å². The maximum atomic E-state index is 2.45. The summed E-state index contributed by atoms with van der Waals surface area (Å²) in [6.45, 7) is 0. The smallest absolute Gasteiger partial charge is 0.0547 e. The van der Waals surface area contributed by atoms with Gasteiger partial charge in [-0.3, -0.25) is 0 Å². The molecule has 2 heterocycles. The van der Waals surface area contributed by atoms with E-state index in [9.17, 15) is 0 Å². The number of hydrogen-bond donors (Lipinski definition) is 0. The summed E-state index contributed by atoms with van der Waals surface area (Å²) >= 11 is 0. The van der Waals surface area contributed by atoms with Gasteiger partial charge in [0.15, 0.2) is 0 Å². The quantitative estimate of drug-likeness (QED) is 0.129. The molecule has 0 amide bonds. The fourth-order valence-corrected chi connectivity index (χ4v) is 12.3. The molecule has 0 aliphatic heterocycles. The topological polar surface area (TPSA) is 9.86 Å². The average molecular weight is 1020 g/mol. The Morgan fingerprint density at radius 3 is 0.812 bits per heavy atom. The number of benzene rings is 13. The van der Waals surface area contributed by atoms with Gasteiger partial charge >= 0.3 is 0 Å². The zero-order valence-electron chi connectivity index (χ0n) is 43.9. The zero-order chi connectivity index (χ0) is 52.9. The lowest BCUT2D eigenvalue weighted by Crippen LogP contribution is -1.94. The summed E-state index contributed by atoms with van der Waals surface area (Å²) in [7, 11) is 0. The lowest BCUT2D eigenvalue weighted by molar-refractivity contribution is 1.18. The minimum Gasteiger partial charge on any atom is -0.309 e. The first-order chi connectivity index (χ1) is 39.7. The molecule has 0 saturated carbocycles. The van der Waals surface area contributed by atoms with Crippen LogP contribution in [0.2, 0.25) is 0 Å². The molecule has 15 rings (SSSR count). The lowest BCUT2D eigenvalue weighted by atomic mass is 9.94. The molecule has 0 unspecified atom stereocenters. The number of rotatable bonds is 10. The van der Waals surface area contributed by atoms with Crippen LogP contribution >= 0.6 is 0 Å². The summed E-state index contributed by atoms with van der Waals surface area (Å²) in [5, 5.41) is 4.91. The van der Waals surface area contributed by atoms with Crippen LogP contribution in [0.1, 0.15) is 0 Å². The van der Waals surface area contributed by atoms with Crippen molar-refractivity contribution < 1.29 is 0 Å². The molecular weight excluding hydrogens is 965 g/mol. The predicted molar refractivity (Wildman–Crippen MR) is 339 cm³/mol. The van der Waals surface area contributed by atoms with E-state index in [0.29, 0.717) is 0 Å². The first-order valence-corrected chi connectivity index (χ1v) is 27.6. The molecule has 15 aromatic rings. The summed E-state index contributed by atoms with van der Waals surface area (Å²) in [5.41, 5.74) is 26.0. The number of nitrogens with zero attached hydrogens (tertiary/aromatic N) is 2. The molecule has 2 aromatic heterocycles.